The van der Waals surface area contributed by atoms with Crippen molar-refractivity contribution in [3.8, 4) is 6.07 Å². The van der Waals surface area contributed by atoms with Crippen molar-refractivity contribution in [2.75, 3.05) is 0 Å². The first kappa shape index (κ1) is 10.00. The van der Waals surface area contributed by atoms with Crippen molar-refractivity contribution < 1.29 is 0 Å². The Morgan fingerprint density at radius 2 is 2.18 bits per heavy atom. The summed E-state index contributed by atoms with van der Waals surface area (Å²) in [5.74, 6) is 0. The molecule has 3 aromatic rings. The summed E-state index contributed by atoms with van der Waals surface area (Å²) >= 11 is 1.57. The van der Waals surface area contributed by atoms with E-state index in [4.69, 9.17) is 5.26 Å². The van der Waals surface area contributed by atoms with Crippen molar-refractivity contribution in [2.24, 2.45) is 0 Å². The van der Waals surface area contributed by atoms with Gasteiger partial charge in [-0.25, -0.2) is 4.68 Å². The molecule has 17 heavy (non-hydrogen) atoms. The topological polar surface area (TPSA) is 54.5 Å². The van der Waals surface area contributed by atoms with Crippen LogP contribution in [0.5, 0.6) is 0 Å². The van der Waals surface area contributed by atoms with Crippen LogP contribution in [0.25, 0.3) is 11.0 Å². The molecule has 0 saturated carbocycles. The van der Waals surface area contributed by atoms with Gasteiger partial charge < -0.3 is 0 Å². The molecule has 5 heteroatoms. The Hall–Kier alpha value is -2.19. The molecule has 0 amide bonds. The quantitative estimate of drug-likeness (QED) is 0.691. The fourth-order valence-corrected chi connectivity index (χ4v) is 2.54. The first-order valence-electron chi connectivity index (χ1n) is 5.13. The van der Waals surface area contributed by atoms with Crippen LogP contribution in [0.3, 0.4) is 0 Å². The van der Waals surface area contributed by atoms with E-state index in [1.807, 2.05) is 40.4 Å². The van der Waals surface area contributed by atoms with Crippen LogP contribution in [-0.2, 0) is 6.54 Å². The summed E-state index contributed by atoms with van der Waals surface area (Å²) in [6.45, 7) is 0.598. The molecule has 1 aromatic carbocycles. The Bertz CT molecular complexity index is 704. The van der Waals surface area contributed by atoms with Crippen LogP contribution in [0.4, 0.5) is 0 Å². The molecule has 0 fully saturated rings. The maximum atomic E-state index is 8.96. The second-order valence-electron chi connectivity index (χ2n) is 3.61. The highest BCUT2D eigenvalue weighted by atomic mass is 32.1. The van der Waals surface area contributed by atoms with Crippen LogP contribution >= 0.6 is 11.3 Å². The number of hydrogen-bond donors (Lipinski definition) is 0. The number of benzene rings is 1. The van der Waals surface area contributed by atoms with Crippen LogP contribution < -0.4 is 0 Å². The Morgan fingerprint density at radius 1 is 1.29 bits per heavy atom. The monoisotopic (exact) mass is 240 g/mol. The normalized spacial score (nSPS) is 10.5. The van der Waals surface area contributed by atoms with Crippen LogP contribution in [0, 0.1) is 11.3 Å². The summed E-state index contributed by atoms with van der Waals surface area (Å²) in [5, 5.41) is 19.1. The summed E-state index contributed by atoms with van der Waals surface area (Å²) in [7, 11) is 0. The van der Waals surface area contributed by atoms with Gasteiger partial charge in [0.05, 0.1) is 17.6 Å². The molecular weight excluding hydrogens is 232 g/mol. The maximum absolute atomic E-state index is 8.96. The molecule has 82 valence electrons. The first-order chi connectivity index (χ1) is 8.38. The number of para-hydroxylation sites is 1. The average molecular weight is 240 g/mol. The Morgan fingerprint density at radius 3 is 3.06 bits per heavy atom. The molecule has 0 atom stereocenters. The lowest BCUT2D eigenvalue weighted by atomic mass is 10.2. The van der Waals surface area contributed by atoms with Crippen molar-refractivity contribution in [2.45, 2.75) is 6.54 Å². The average Bonchev–Trinajstić information content (AvgIpc) is 2.97. The molecule has 4 nitrogen and oxygen atoms in total. The van der Waals surface area contributed by atoms with Gasteiger partial charge in [-0.15, -0.1) is 16.4 Å². The molecule has 3 rings (SSSR count). The van der Waals surface area contributed by atoms with Gasteiger partial charge in [-0.1, -0.05) is 17.3 Å². The highest BCUT2D eigenvalue weighted by Gasteiger charge is 2.08. The van der Waals surface area contributed by atoms with Gasteiger partial charge >= 0.3 is 0 Å². The maximum Gasteiger partial charge on any atom is 0.113 e. The van der Waals surface area contributed by atoms with Gasteiger partial charge in [0.2, 0.25) is 0 Å². The third kappa shape index (κ3) is 1.69. The number of fused-ring (bicyclic) bond motifs is 1. The lowest BCUT2D eigenvalue weighted by Gasteiger charge is -1.99. The molecule has 2 aromatic heterocycles. The summed E-state index contributed by atoms with van der Waals surface area (Å²) in [6.07, 6.45) is 0. The molecule has 0 radical (unpaired) electrons. The van der Waals surface area contributed by atoms with E-state index < -0.39 is 0 Å². The van der Waals surface area contributed by atoms with Gasteiger partial charge in [0, 0.05) is 4.88 Å². The third-order valence-corrected chi connectivity index (χ3v) is 3.49. The molecule has 0 aliphatic carbocycles. The number of aromatic nitrogens is 3. The lowest BCUT2D eigenvalue weighted by molar-refractivity contribution is 0.675. The van der Waals surface area contributed by atoms with E-state index in [-0.39, 0.29) is 0 Å². The fourth-order valence-electron chi connectivity index (χ4n) is 1.73. The zero-order chi connectivity index (χ0) is 11.7. The minimum atomic E-state index is 0.598. The predicted molar refractivity (Wildman–Crippen MR) is 65.7 cm³/mol. The molecule has 0 saturated heterocycles. The van der Waals surface area contributed by atoms with E-state index in [0.717, 1.165) is 21.5 Å². The zero-order valence-corrected chi connectivity index (χ0v) is 9.68. The largest absolute Gasteiger partial charge is 0.239 e. The molecule has 0 bridgehead atoms. The zero-order valence-electron chi connectivity index (χ0n) is 8.87. The van der Waals surface area contributed by atoms with Crippen LogP contribution in [0.15, 0.2) is 35.7 Å². The van der Waals surface area contributed by atoms with Crippen molar-refractivity contribution in [3.05, 3.63) is 46.2 Å². The smallest absolute Gasteiger partial charge is 0.113 e. The molecule has 0 N–H and O–H groups in total. The molecule has 2 heterocycles. The van der Waals surface area contributed by atoms with Gasteiger partial charge in [-0.2, -0.15) is 5.26 Å². The van der Waals surface area contributed by atoms with Crippen LogP contribution in [0.1, 0.15) is 10.4 Å². The fraction of sp³-hybridized carbons (Fsp3) is 0.0833. The van der Waals surface area contributed by atoms with Gasteiger partial charge in [0.15, 0.2) is 0 Å². The van der Waals surface area contributed by atoms with E-state index in [2.05, 4.69) is 16.4 Å². The summed E-state index contributed by atoms with van der Waals surface area (Å²) < 4.78 is 1.82. The number of nitrogens with zero attached hydrogens (tertiary/aromatic N) is 4. The minimum absolute atomic E-state index is 0.598. The molecule has 0 spiro atoms. The summed E-state index contributed by atoms with van der Waals surface area (Å²) in [6, 6.07) is 11.8. The van der Waals surface area contributed by atoms with Crippen LogP contribution in [-0.4, -0.2) is 15.0 Å². The second kappa shape index (κ2) is 4.00. The molecular formula is C12H8N4S. The Balaban J connectivity index is 2.04. The number of thiophene rings is 1. The lowest BCUT2D eigenvalue weighted by Crippen LogP contribution is -2.01. The first-order valence-corrected chi connectivity index (χ1v) is 6.01. The van der Waals surface area contributed by atoms with Gasteiger partial charge in [0.1, 0.15) is 11.6 Å². The Kier molecular flexibility index (Phi) is 2.35. The predicted octanol–water partition coefficient (Wildman–Crippen LogP) is 2.41. The van der Waals surface area contributed by atoms with Gasteiger partial charge in [0.25, 0.3) is 0 Å². The number of hydrogen-bond acceptors (Lipinski definition) is 4. The highest BCUT2D eigenvalue weighted by Crippen LogP contribution is 2.19. The van der Waals surface area contributed by atoms with Gasteiger partial charge in [-0.05, 0) is 23.6 Å². The molecule has 0 aliphatic rings. The minimum Gasteiger partial charge on any atom is -0.239 e. The molecule has 0 unspecified atom stereocenters. The van der Waals surface area contributed by atoms with Crippen molar-refractivity contribution in [1.82, 2.24) is 15.0 Å². The van der Waals surface area contributed by atoms with Crippen molar-refractivity contribution in [3.63, 3.8) is 0 Å². The second-order valence-corrected chi connectivity index (χ2v) is 4.61. The highest BCUT2D eigenvalue weighted by molar-refractivity contribution is 7.10. The standard InChI is InChI=1S/C12H8N4S/c13-7-9-5-6-17-12(9)8-16-11-4-2-1-3-10(11)14-15-16/h1-6H,8H2. The number of nitriles is 1. The van der Waals surface area contributed by atoms with E-state index in [9.17, 15) is 0 Å². The molecule has 0 aliphatic heterocycles. The van der Waals surface area contributed by atoms with Crippen LogP contribution in [0.2, 0.25) is 0 Å². The van der Waals surface area contributed by atoms with E-state index in [1.54, 1.807) is 11.3 Å². The summed E-state index contributed by atoms with van der Waals surface area (Å²) in [4.78, 5) is 1.02. The van der Waals surface area contributed by atoms with Crippen molar-refractivity contribution >= 4 is 22.4 Å². The SMILES string of the molecule is N#Cc1ccsc1Cn1nnc2ccccc21. The summed E-state index contributed by atoms with van der Waals surface area (Å²) in [5.41, 5.74) is 2.59. The van der Waals surface area contributed by atoms with Crippen molar-refractivity contribution in [1.29, 1.82) is 5.26 Å². The van der Waals surface area contributed by atoms with E-state index >= 15 is 0 Å². The van der Waals surface area contributed by atoms with E-state index in [1.165, 1.54) is 0 Å². The Labute approximate surface area is 102 Å². The number of rotatable bonds is 2. The van der Waals surface area contributed by atoms with Gasteiger partial charge in [-0.3, -0.25) is 0 Å². The third-order valence-electron chi connectivity index (χ3n) is 2.58. The van der Waals surface area contributed by atoms with E-state index in [0.29, 0.717) is 6.54 Å².